The molecule has 0 saturated carbocycles. The minimum Gasteiger partial charge on any atom is -0.465 e. The van der Waals surface area contributed by atoms with Gasteiger partial charge in [0.15, 0.2) is 11.7 Å². The molecule has 0 aromatic carbocycles. The highest BCUT2D eigenvalue weighted by Crippen LogP contribution is 2.24. The number of methoxy groups -OCH3 is 1. The highest BCUT2D eigenvalue weighted by Gasteiger charge is 2.17. The van der Waals surface area contributed by atoms with Gasteiger partial charge in [0.05, 0.1) is 13.3 Å². The number of carbonyl (C=O) groups is 1. The van der Waals surface area contributed by atoms with Crippen LogP contribution in [0.25, 0.3) is 11.5 Å². The molecule has 0 saturated heterocycles. The fraction of sp³-hybridized carbons (Fsp3) is 0.200. The van der Waals surface area contributed by atoms with Crippen molar-refractivity contribution in [1.29, 1.82) is 0 Å². The van der Waals surface area contributed by atoms with E-state index >= 15 is 0 Å². The van der Waals surface area contributed by atoms with Crippen molar-refractivity contribution in [3.63, 3.8) is 0 Å². The van der Waals surface area contributed by atoms with Crippen LogP contribution in [-0.2, 0) is 4.74 Å². The number of anilines is 1. The third kappa shape index (κ3) is 1.65. The molecule has 0 radical (unpaired) electrons. The average molecular weight is 221 g/mol. The Kier molecular flexibility index (Phi) is 2.40. The lowest BCUT2D eigenvalue weighted by Crippen LogP contribution is -2.00. The third-order valence-electron chi connectivity index (χ3n) is 2.18. The Hall–Kier alpha value is -2.24. The number of hydrogen-bond acceptors (Lipinski definition) is 5. The summed E-state index contributed by atoms with van der Waals surface area (Å²) in [5, 5.41) is 0. The van der Waals surface area contributed by atoms with Gasteiger partial charge in [-0.05, 0) is 6.92 Å². The van der Waals surface area contributed by atoms with Crippen molar-refractivity contribution >= 4 is 11.9 Å². The number of rotatable bonds is 2. The van der Waals surface area contributed by atoms with Crippen molar-refractivity contribution in [2.75, 3.05) is 12.8 Å². The first-order valence-electron chi connectivity index (χ1n) is 4.61. The summed E-state index contributed by atoms with van der Waals surface area (Å²) in [4.78, 5) is 18.0. The van der Waals surface area contributed by atoms with E-state index in [2.05, 4.69) is 14.7 Å². The highest BCUT2D eigenvalue weighted by atomic mass is 16.5. The lowest BCUT2D eigenvalue weighted by atomic mass is 10.2. The average Bonchev–Trinajstić information content (AvgIpc) is 2.83. The molecule has 0 fully saturated rings. The maximum absolute atomic E-state index is 11.4. The smallest absolute Gasteiger partial charge is 0.341 e. The molecule has 6 heteroatoms. The lowest BCUT2D eigenvalue weighted by molar-refractivity contribution is 0.0599. The largest absolute Gasteiger partial charge is 0.465 e. The molecule has 0 bridgehead atoms. The number of hydrogen-bond donors (Lipinski definition) is 2. The zero-order valence-corrected chi connectivity index (χ0v) is 8.90. The molecule has 2 heterocycles. The van der Waals surface area contributed by atoms with Crippen LogP contribution in [0.1, 0.15) is 16.1 Å². The van der Waals surface area contributed by atoms with Crippen LogP contribution in [-0.4, -0.2) is 23.0 Å². The molecule has 0 aliphatic carbocycles. The number of nitrogens with zero attached hydrogens (tertiary/aromatic N) is 1. The summed E-state index contributed by atoms with van der Waals surface area (Å²) in [7, 11) is 1.32. The number of ether oxygens (including phenoxy) is 1. The summed E-state index contributed by atoms with van der Waals surface area (Å²) in [5.41, 5.74) is 6.46. The molecule has 3 N–H and O–H groups in total. The summed E-state index contributed by atoms with van der Waals surface area (Å²) in [6, 6.07) is 1.59. The molecule has 2 aromatic heterocycles. The molecule has 0 unspecified atom stereocenters. The van der Waals surface area contributed by atoms with Gasteiger partial charge in [0, 0.05) is 6.07 Å². The second-order valence-corrected chi connectivity index (χ2v) is 3.25. The number of H-pyrrole nitrogens is 1. The Bertz CT molecular complexity index is 527. The Morgan fingerprint density at radius 3 is 2.94 bits per heavy atom. The van der Waals surface area contributed by atoms with E-state index in [4.69, 9.17) is 10.2 Å². The number of carbonyl (C=O) groups excluding carboxylic acids is 1. The van der Waals surface area contributed by atoms with E-state index in [0.717, 1.165) is 0 Å². The minimum absolute atomic E-state index is 0.295. The normalized spacial score (nSPS) is 10.4. The second-order valence-electron chi connectivity index (χ2n) is 3.25. The number of esters is 1. The maximum Gasteiger partial charge on any atom is 0.341 e. The van der Waals surface area contributed by atoms with Crippen LogP contribution in [0.3, 0.4) is 0 Å². The fourth-order valence-electron chi connectivity index (χ4n) is 1.39. The van der Waals surface area contributed by atoms with Crippen LogP contribution in [0.4, 0.5) is 5.95 Å². The van der Waals surface area contributed by atoms with Gasteiger partial charge in [-0.2, -0.15) is 0 Å². The number of nitrogens with two attached hydrogens (primary N) is 1. The highest BCUT2D eigenvalue weighted by molar-refractivity contribution is 5.91. The van der Waals surface area contributed by atoms with Gasteiger partial charge in [-0.15, -0.1) is 0 Å². The topological polar surface area (TPSA) is 94.1 Å². The summed E-state index contributed by atoms with van der Waals surface area (Å²) in [5.74, 6) is 0.862. The summed E-state index contributed by atoms with van der Waals surface area (Å²) < 4.78 is 10.0. The van der Waals surface area contributed by atoms with E-state index in [0.29, 0.717) is 28.7 Å². The van der Waals surface area contributed by atoms with E-state index in [-0.39, 0.29) is 0 Å². The van der Waals surface area contributed by atoms with Gasteiger partial charge in [0.25, 0.3) is 0 Å². The first kappa shape index (κ1) is 10.3. The number of furan rings is 1. The van der Waals surface area contributed by atoms with Crippen molar-refractivity contribution in [3.8, 4) is 11.5 Å². The predicted molar refractivity (Wildman–Crippen MR) is 56.8 cm³/mol. The number of nitrogens with one attached hydrogen (secondary N) is 1. The summed E-state index contributed by atoms with van der Waals surface area (Å²) in [6.45, 7) is 1.69. The van der Waals surface area contributed by atoms with Gasteiger partial charge in [-0.1, -0.05) is 0 Å². The molecule has 0 atom stereocenters. The maximum atomic E-state index is 11.4. The summed E-state index contributed by atoms with van der Waals surface area (Å²) >= 11 is 0. The molecular weight excluding hydrogens is 210 g/mol. The molecule has 0 aliphatic heterocycles. The molecule has 16 heavy (non-hydrogen) atoms. The molecule has 2 aromatic rings. The number of nitrogen functional groups attached to an aromatic ring is 1. The summed E-state index contributed by atoms with van der Waals surface area (Å²) in [6.07, 6.45) is 1.54. The Morgan fingerprint density at radius 1 is 1.62 bits per heavy atom. The predicted octanol–water partition coefficient (Wildman–Crippen LogP) is 1.35. The minimum atomic E-state index is -0.431. The van der Waals surface area contributed by atoms with Crippen LogP contribution in [0.15, 0.2) is 16.7 Å². The molecule has 0 spiro atoms. The standard InChI is InChI=1S/C10H11N3O3/c1-5-6(9(14)15-2)3-8(16-5)7-4-12-10(11)13-7/h3-4H,1-2H3,(H3,11,12,13). The molecular formula is C10H11N3O3. The van der Waals surface area contributed by atoms with Crippen LogP contribution in [0.5, 0.6) is 0 Å². The Morgan fingerprint density at radius 2 is 2.38 bits per heavy atom. The van der Waals surface area contributed by atoms with Gasteiger partial charge >= 0.3 is 5.97 Å². The van der Waals surface area contributed by atoms with Crippen molar-refractivity contribution in [3.05, 3.63) is 23.6 Å². The van der Waals surface area contributed by atoms with Crippen LogP contribution in [0, 0.1) is 6.92 Å². The van der Waals surface area contributed by atoms with E-state index in [1.165, 1.54) is 13.3 Å². The molecule has 2 rings (SSSR count). The van der Waals surface area contributed by atoms with Gasteiger partial charge < -0.3 is 19.9 Å². The zero-order valence-electron chi connectivity index (χ0n) is 8.90. The van der Waals surface area contributed by atoms with E-state index in [1.54, 1.807) is 13.0 Å². The van der Waals surface area contributed by atoms with Gasteiger partial charge in [-0.3, -0.25) is 0 Å². The van der Waals surface area contributed by atoms with Crippen molar-refractivity contribution in [2.45, 2.75) is 6.92 Å². The number of aromatic nitrogens is 2. The first-order chi connectivity index (χ1) is 7.61. The van der Waals surface area contributed by atoms with Crippen LogP contribution >= 0.6 is 0 Å². The van der Waals surface area contributed by atoms with Crippen LogP contribution < -0.4 is 5.73 Å². The van der Waals surface area contributed by atoms with E-state index in [9.17, 15) is 4.79 Å². The molecule has 0 amide bonds. The lowest BCUT2D eigenvalue weighted by Gasteiger charge is -1.93. The fourth-order valence-corrected chi connectivity index (χ4v) is 1.39. The zero-order chi connectivity index (χ0) is 11.7. The van der Waals surface area contributed by atoms with Crippen LogP contribution in [0.2, 0.25) is 0 Å². The van der Waals surface area contributed by atoms with E-state index in [1.807, 2.05) is 0 Å². The van der Waals surface area contributed by atoms with Gasteiger partial charge in [0.2, 0.25) is 0 Å². The molecule has 6 nitrogen and oxygen atoms in total. The third-order valence-corrected chi connectivity index (χ3v) is 2.18. The van der Waals surface area contributed by atoms with Gasteiger partial charge in [-0.25, -0.2) is 9.78 Å². The SMILES string of the molecule is COC(=O)c1cc(-c2cnc(N)[nH]2)oc1C. The quantitative estimate of drug-likeness (QED) is 0.746. The van der Waals surface area contributed by atoms with E-state index < -0.39 is 5.97 Å². The Labute approximate surface area is 91.4 Å². The number of aromatic amines is 1. The Balaban J connectivity index is 2.41. The van der Waals surface area contributed by atoms with Crippen molar-refractivity contribution in [2.24, 2.45) is 0 Å². The van der Waals surface area contributed by atoms with Gasteiger partial charge in [0.1, 0.15) is 17.0 Å². The molecule has 84 valence electrons. The second kappa shape index (κ2) is 3.73. The number of imidazole rings is 1. The molecule has 0 aliphatic rings. The van der Waals surface area contributed by atoms with Crippen molar-refractivity contribution < 1.29 is 13.9 Å². The first-order valence-corrected chi connectivity index (χ1v) is 4.61. The van der Waals surface area contributed by atoms with Crippen molar-refractivity contribution in [1.82, 2.24) is 9.97 Å². The number of aryl methyl sites for hydroxylation is 1. The monoisotopic (exact) mass is 221 g/mol.